The van der Waals surface area contributed by atoms with Gasteiger partial charge in [0.1, 0.15) is 0 Å². The van der Waals surface area contributed by atoms with E-state index in [9.17, 15) is 0 Å². The molecule has 0 spiro atoms. The van der Waals surface area contributed by atoms with Gasteiger partial charge in [0, 0.05) is 72.2 Å². The number of hydrogen-bond acceptors (Lipinski definition) is 2. The normalized spacial score (nSPS) is 14.4. The van der Waals surface area contributed by atoms with Crippen molar-refractivity contribution < 1.29 is 0 Å². The summed E-state index contributed by atoms with van der Waals surface area (Å²) in [6.45, 7) is 49.2. The maximum Gasteiger partial charge on any atom is 0.252 e. The van der Waals surface area contributed by atoms with E-state index in [2.05, 4.69) is 540 Å². The molecule has 0 radical (unpaired) electrons. The van der Waals surface area contributed by atoms with Crippen LogP contribution < -0.4 is 26.2 Å². The molecule has 18 aromatic carbocycles. The SMILES string of the molecule is CC(C)(C)c1cc(-c2ccccc2)c(N2c3cc(-c4cccc5c4C(c4ccccc4)(c4cccc6cc(C(C)(C)C)ccc46)c4ccccc4-5)ccc3B3c4ccc(-n5c6ccc(C(C)(C)C)cc6c6cc(C(C)(C)C)ccc65)cc4N(c4c(-c5ccccc5)cc(C(C)(C)C)cc4-c4ccccc4)c4cc(-n5c6ccc(C(C)(C)C)cc6c6cc(C(C)(C)C)ccc65)cc2c43)c(-c2ccccc2)c1. The van der Waals surface area contributed by atoms with Crippen LogP contribution >= 0.6 is 0 Å². The highest BCUT2D eigenvalue weighted by molar-refractivity contribution is 7.00. The van der Waals surface area contributed by atoms with E-state index in [0.717, 1.165) is 107 Å². The lowest BCUT2D eigenvalue weighted by molar-refractivity contribution is 0.590. The van der Waals surface area contributed by atoms with E-state index in [1.54, 1.807) is 0 Å². The molecule has 0 amide bonds. The van der Waals surface area contributed by atoms with Crippen LogP contribution in [0.2, 0.25) is 0 Å². The zero-order chi connectivity index (χ0) is 97.1. The van der Waals surface area contributed by atoms with Crippen molar-refractivity contribution >= 4 is 112 Å². The van der Waals surface area contributed by atoms with E-state index in [-0.39, 0.29) is 44.6 Å². The van der Waals surface area contributed by atoms with Crippen LogP contribution in [0.5, 0.6) is 0 Å². The third-order valence-electron chi connectivity index (χ3n) is 31.0. The Kier molecular flexibility index (Phi) is 20.6. The minimum absolute atomic E-state index is 0.0684. The van der Waals surface area contributed by atoms with Gasteiger partial charge in [-0.05, 0) is 274 Å². The van der Waals surface area contributed by atoms with Crippen molar-refractivity contribution in [3.05, 3.63) is 437 Å². The molecular formula is C135H125BN4. The van der Waals surface area contributed by atoms with Gasteiger partial charge in [0.25, 0.3) is 6.71 Å². The number of fused-ring (bicyclic) bond motifs is 14. The first kappa shape index (κ1) is 89.4. The smallest absolute Gasteiger partial charge is 0.252 e. The van der Waals surface area contributed by atoms with Gasteiger partial charge in [-0.3, -0.25) is 0 Å². The highest BCUT2D eigenvalue weighted by Gasteiger charge is 2.51. The van der Waals surface area contributed by atoms with E-state index in [0.29, 0.717) is 0 Å². The molecule has 3 aliphatic rings. The van der Waals surface area contributed by atoms with E-state index in [1.165, 1.54) is 138 Å². The summed E-state index contributed by atoms with van der Waals surface area (Å²) < 4.78 is 5.25. The molecule has 4 heterocycles. The van der Waals surface area contributed by atoms with Gasteiger partial charge in [-0.2, -0.15) is 0 Å². The Balaban J connectivity index is 0.930. The molecule has 20 aromatic rings. The largest absolute Gasteiger partial charge is 0.310 e. The highest BCUT2D eigenvalue weighted by Crippen LogP contribution is 2.62. The molecule has 1 atom stereocenters. The van der Waals surface area contributed by atoms with Crippen LogP contribution in [0.4, 0.5) is 34.1 Å². The summed E-state index contributed by atoms with van der Waals surface area (Å²) in [5.74, 6) is 0. The average Bonchev–Trinajstić information content (AvgIpc) is 1.27. The monoisotopic (exact) mass is 1810 g/mol. The second-order valence-corrected chi connectivity index (χ2v) is 47.3. The first-order chi connectivity index (χ1) is 66.9. The summed E-state index contributed by atoms with van der Waals surface area (Å²) in [6.07, 6.45) is 0. The fourth-order valence-corrected chi connectivity index (χ4v) is 23.4. The highest BCUT2D eigenvalue weighted by atomic mass is 15.2. The molecule has 0 saturated heterocycles. The van der Waals surface area contributed by atoms with Gasteiger partial charge in [-0.15, -0.1) is 0 Å². The van der Waals surface area contributed by atoms with Crippen LogP contribution in [-0.2, 0) is 43.3 Å². The topological polar surface area (TPSA) is 16.3 Å². The summed E-state index contributed by atoms with van der Waals surface area (Å²) in [4.78, 5) is 5.60. The quantitative estimate of drug-likeness (QED) is 0.120. The molecule has 0 saturated carbocycles. The summed E-state index contributed by atoms with van der Waals surface area (Å²) in [5.41, 5.74) is 42.9. The Morgan fingerprint density at radius 1 is 0.214 bits per heavy atom. The average molecular weight is 1810 g/mol. The molecule has 4 nitrogen and oxygen atoms in total. The standard InChI is InChI=1S/C135H125BN4/c1-128(2,3)91-58-64-100-88(71-91)49-39-56-112(100)135(90-50-35-26-36-51-90)113-55-38-37-52-102(113)103-54-40-53-101(124(103)135)89-57-65-114-120(72-89)139(126-104(84-41-27-22-28-42-84)77-96(133(16,17)18)78-105(126)85-43-29-23-30-44-85)122-82-99(138-118-69-61-94(131(10,11)12)75-110(118)111-76-95(132(13,14)15)62-70-119(111)138)83-123-125(122)136(114)115-66-63-98(137-116-67-59-92(129(4,5)6)73-108(116)109-74-93(130(7,8)9)60-68-117(109)137)81-121(115)140(123)127-106(86-45-31-24-32-46-86)79-97(134(19,20)21)80-107(127)87-47-33-25-34-48-87/h22-83H,1-21H3. The number of aromatic nitrogens is 2. The lowest BCUT2D eigenvalue weighted by Crippen LogP contribution is -2.61. The van der Waals surface area contributed by atoms with E-state index in [1.807, 2.05) is 0 Å². The second-order valence-electron chi connectivity index (χ2n) is 47.3. The van der Waals surface area contributed by atoms with Crippen molar-refractivity contribution in [2.45, 2.75) is 189 Å². The second kappa shape index (κ2) is 32.3. The summed E-state index contributed by atoms with van der Waals surface area (Å²) in [7, 11) is 0. The minimum Gasteiger partial charge on any atom is -0.310 e. The number of hydrogen-bond donors (Lipinski definition) is 0. The number of rotatable bonds is 11. The van der Waals surface area contributed by atoms with Gasteiger partial charge in [0.2, 0.25) is 0 Å². The summed E-state index contributed by atoms with van der Waals surface area (Å²) in [6, 6.07) is 148. The Morgan fingerprint density at radius 2 is 0.550 bits per heavy atom. The van der Waals surface area contributed by atoms with Crippen LogP contribution in [0.1, 0.15) is 207 Å². The molecule has 140 heavy (non-hydrogen) atoms. The zero-order valence-corrected chi connectivity index (χ0v) is 85.2. The lowest BCUT2D eigenvalue weighted by Gasteiger charge is -2.46. The van der Waals surface area contributed by atoms with Crippen LogP contribution in [-0.4, -0.2) is 15.8 Å². The van der Waals surface area contributed by atoms with Crippen molar-refractivity contribution in [2.24, 2.45) is 0 Å². The summed E-state index contributed by atoms with van der Waals surface area (Å²) >= 11 is 0. The fourth-order valence-electron chi connectivity index (χ4n) is 23.4. The van der Waals surface area contributed by atoms with Crippen LogP contribution in [0.15, 0.2) is 376 Å². The van der Waals surface area contributed by atoms with Gasteiger partial charge >= 0.3 is 0 Å². The van der Waals surface area contributed by atoms with E-state index >= 15 is 0 Å². The molecule has 1 aliphatic carbocycles. The molecule has 5 heteroatoms. The maximum absolute atomic E-state index is 2.81. The fraction of sp³-hybridized carbons (Fsp3) is 0.215. The van der Waals surface area contributed by atoms with E-state index in [4.69, 9.17) is 0 Å². The predicted octanol–water partition coefficient (Wildman–Crippen LogP) is 34.9. The van der Waals surface area contributed by atoms with Crippen molar-refractivity contribution in [1.29, 1.82) is 0 Å². The van der Waals surface area contributed by atoms with Gasteiger partial charge in [0.15, 0.2) is 0 Å². The van der Waals surface area contributed by atoms with Crippen LogP contribution in [0.25, 0.3) is 133 Å². The minimum atomic E-state index is -0.808. The molecule has 2 aromatic heterocycles. The van der Waals surface area contributed by atoms with Crippen LogP contribution in [0.3, 0.4) is 0 Å². The Bertz CT molecular complexity index is 8160. The number of anilines is 6. The van der Waals surface area contributed by atoms with Gasteiger partial charge < -0.3 is 18.9 Å². The van der Waals surface area contributed by atoms with Gasteiger partial charge in [0.05, 0.1) is 44.5 Å². The van der Waals surface area contributed by atoms with Crippen LogP contribution in [0, 0.1) is 0 Å². The lowest BCUT2D eigenvalue weighted by atomic mass is 9.33. The zero-order valence-electron chi connectivity index (χ0n) is 85.2. The van der Waals surface area contributed by atoms with Crippen molar-refractivity contribution in [3.8, 4) is 78.1 Å². The molecule has 1 unspecified atom stereocenters. The molecule has 23 rings (SSSR count). The molecule has 2 aliphatic heterocycles. The Morgan fingerprint density at radius 3 is 0.971 bits per heavy atom. The first-order valence-electron chi connectivity index (χ1n) is 50.5. The molecule has 688 valence electrons. The maximum atomic E-state index is 2.81. The number of benzene rings is 18. The molecule has 0 bridgehead atoms. The number of nitrogens with zero attached hydrogens (tertiary/aromatic N) is 4. The molecular weight excluding hydrogens is 1690 g/mol. The predicted molar refractivity (Wildman–Crippen MR) is 602 cm³/mol. The van der Waals surface area contributed by atoms with Crippen molar-refractivity contribution in [2.75, 3.05) is 9.80 Å². The Labute approximate surface area is 828 Å². The van der Waals surface area contributed by atoms with Gasteiger partial charge in [-0.1, -0.05) is 418 Å². The van der Waals surface area contributed by atoms with Crippen molar-refractivity contribution in [1.82, 2.24) is 9.13 Å². The molecule has 0 fully saturated rings. The molecule has 0 N–H and O–H groups in total. The third kappa shape index (κ3) is 14.5. The Hall–Kier alpha value is -14.5. The van der Waals surface area contributed by atoms with Gasteiger partial charge in [-0.25, -0.2) is 0 Å². The van der Waals surface area contributed by atoms with Crippen molar-refractivity contribution in [3.63, 3.8) is 0 Å². The summed E-state index contributed by atoms with van der Waals surface area (Å²) in [5, 5.41) is 7.42. The van der Waals surface area contributed by atoms with E-state index < -0.39 is 5.41 Å². The first-order valence-corrected chi connectivity index (χ1v) is 50.5. The third-order valence-corrected chi connectivity index (χ3v) is 31.0.